The van der Waals surface area contributed by atoms with Gasteiger partial charge in [0, 0.05) is 32.0 Å². The Morgan fingerprint density at radius 3 is 2.48 bits per heavy atom. The number of nitrogens with one attached hydrogen (secondary N) is 1. The van der Waals surface area contributed by atoms with Crippen molar-refractivity contribution < 1.29 is 9.59 Å². The van der Waals surface area contributed by atoms with Crippen LogP contribution in [0.3, 0.4) is 0 Å². The molecule has 1 saturated heterocycles. The van der Waals surface area contributed by atoms with Gasteiger partial charge in [0.05, 0.1) is 0 Å². The second-order valence-corrected chi connectivity index (χ2v) is 5.56. The molecule has 2 rings (SSSR count). The summed E-state index contributed by atoms with van der Waals surface area (Å²) in [5.74, 6) is 0.322. The number of hydrogen-bond donors (Lipinski definition) is 1. The monoisotopic (exact) mass is 288 g/mol. The summed E-state index contributed by atoms with van der Waals surface area (Å²) < 4.78 is 0. The average molecular weight is 288 g/mol. The molecule has 1 fully saturated rings. The van der Waals surface area contributed by atoms with Gasteiger partial charge in [-0.2, -0.15) is 0 Å². The summed E-state index contributed by atoms with van der Waals surface area (Å²) in [7, 11) is 0. The molecule has 114 valence electrons. The van der Waals surface area contributed by atoms with Crippen molar-refractivity contribution in [2.75, 3.05) is 13.1 Å². The first kappa shape index (κ1) is 15.5. The predicted octanol–water partition coefficient (Wildman–Crippen LogP) is 2.14. The van der Waals surface area contributed by atoms with Crippen LogP contribution in [0.15, 0.2) is 30.3 Å². The Kier molecular flexibility index (Phi) is 5.78. The van der Waals surface area contributed by atoms with Crippen molar-refractivity contribution in [3.05, 3.63) is 35.9 Å². The van der Waals surface area contributed by atoms with Crippen LogP contribution in [0.1, 0.15) is 38.2 Å². The van der Waals surface area contributed by atoms with E-state index in [1.165, 1.54) is 5.56 Å². The number of likely N-dealkylation sites (tertiary alicyclic amines) is 1. The quantitative estimate of drug-likeness (QED) is 0.902. The SMILES string of the molecule is CCC(=O)N1CCC(NC(=O)CCc2ccccc2)CC1. The Morgan fingerprint density at radius 1 is 1.19 bits per heavy atom. The molecule has 4 nitrogen and oxygen atoms in total. The minimum Gasteiger partial charge on any atom is -0.353 e. The van der Waals surface area contributed by atoms with E-state index in [4.69, 9.17) is 0 Å². The number of piperidine rings is 1. The van der Waals surface area contributed by atoms with E-state index >= 15 is 0 Å². The lowest BCUT2D eigenvalue weighted by molar-refractivity contribution is -0.132. The molecule has 0 aliphatic carbocycles. The molecule has 4 heteroatoms. The molecule has 1 N–H and O–H groups in total. The Balaban J connectivity index is 1.68. The van der Waals surface area contributed by atoms with Crippen molar-refractivity contribution in [2.24, 2.45) is 0 Å². The fourth-order valence-electron chi connectivity index (χ4n) is 2.70. The van der Waals surface area contributed by atoms with Crippen LogP contribution >= 0.6 is 0 Å². The van der Waals surface area contributed by atoms with Gasteiger partial charge in [0.25, 0.3) is 0 Å². The first-order valence-corrected chi connectivity index (χ1v) is 7.80. The Labute approximate surface area is 126 Å². The normalized spacial score (nSPS) is 15.8. The third kappa shape index (κ3) is 4.88. The lowest BCUT2D eigenvalue weighted by Crippen LogP contribution is -2.46. The van der Waals surface area contributed by atoms with E-state index in [1.54, 1.807) is 0 Å². The Morgan fingerprint density at radius 2 is 1.86 bits per heavy atom. The maximum Gasteiger partial charge on any atom is 0.222 e. The van der Waals surface area contributed by atoms with Gasteiger partial charge in [-0.15, -0.1) is 0 Å². The number of amides is 2. The molecule has 0 saturated carbocycles. The molecule has 1 aliphatic heterocycles. The number of benzene rings is 1. The van der Waals surface area contributed by atoms with Crippen molar-refractivity contribution in [3.63, 3.8) is 0 Å². The third-order valence-corrected chi connectivity index (χ3v) is 4.00. The number of rotatable bonds is 5. The number of hydrogen-bond acceptors (Lipinski definition) is 2. The van der Waals surface area contributed by atoms with Gasteiger partial charge in [-0.1, -0.05) is 37.3 Å². The molecule has 1 aromatic rings. The second kappa shape index (κ2) is 7.81. The summed E-state index contributed by atoms with van der Waals surface area (Å²) in [6.07, 6.45) is 3.59. The minimum absolute atomic E-state index is 0.110. The van der Waals surface area contributed by atoms with E-state index in [2.05, 4.69) is 5.32 Å². The van der Waals surface area contributed by atoms with Crippen molar-refractivity contribution in [3.8, 4) is 0 Å². The van der Waals surface area contributed by atoms with Crippen LogP contribution in [-0.4, -0.2) is 35.8 Å². The summed E-state index contributed by atoms with van der Waals surface area (Å²) in [5.41, 5.74) is 1.19. The first-order chi connectivity index (χ1) is 10.2. The van der Waals surface area contributed by atoms with Gasteiger partial charge in [-0.3, -0.25) is 9.59 Å². The standard InChI is InChI=1S/C17H24N2O2/c1-2-17(21)19-12-10-15(11-13-19)18-16(20)9-8-14-6-4-3-5-7-14/h3-7,15H,2,8-13H2,1H3,(H,18,20). The number of carbonyl (C=O) groups is 2. The topological polar surface area (TPSA) is 49.4 Å². The van der Waals surface area contributed by atoms with Crippen molar-refractivity contribution in [2.45, 2.75) is 45.1 Å². The van der Waals surface area contributed by atoms with Gasteiger partial charge in [-0.25, -0.2) is 0 Å². The van der Waals surface area contributed by atoms with Crippen LogP contribution in [0.5, 0.6) is 0 Å². The van der Waals surface area contributed by atoms with Crippen molar-refractivity contribution in [1.82, 2.24) is 10.2 Å². The highest BCUT2D eigenvalue weighted by Crippen LogP contribution is 2.12. The molecule has 0 unspecified atom stereocenters. The van der Waals surface area contributed by atoms with E-state index in [0.717, 1.165) is 32.4 Å². The molecule has 0 atom stereocenters. The molecule has 1 aliphatic rings. The van der Waals surface area contributed by atoms with Crippen LogP contribution in [0.25, 0.3) is 0 Å². The average Bonchev–Trinajstić information content (AvgIpc) is 2.54. The maximum absolute atomic E-state index is 12.0. The lowest BCUT2D eigenvalue weighted by Gasteiger charge is -2.32. The minimum atomic E-state index is 0.110. The third-order valence-electron chi connectivity index (χ3n) is 4.00. The fraction of sp³-hybridized carbons (Fsp3) is 0.529. The molecule has 2 amide bonds. The van der Waals surface area contributed by atoms with Crippen LogP contribution in [0.2, 0.25) is 0 Å². The van der Waals surface area contributed by atoms with E-state index in [0.29, 0.717) is 12.8 Å². The molecular weight excluding hydrogens is 264 g/mol. The van der Waals surface area contributed by atoms with Crippen LogP contribution in [-0.2, 0) is 16.0 Å². The Bertz CT molecular complexity index is 465. The smallest absolute Gasteiger partial charge is 0.222 e. The fourth-order valence-corrected chi connectivity index (χ4v) is 2.70. The number of aryl methyl sites for hydroxylation is 1. The van der Waals surface area contributed by atoms with Gasteiger partial charge in [0.1, 0.15) is 0 Å². The van der Waals surface area contributed by atoms with Crippen molar-refractivity contribution in [1.29, 1.82) is 0 Å². The van der Waals surface area contributed by atoms with Gasteiger partial charge < -0.3 is 10.2 Å². The second-order valence-electron chi connectivity index (χ2n) is 5.56. The lowest BCUT2D eigenvalue weighted by atomic mass is 10.0. The highest BCUT2D eigenvalue weighted by molar-refractivity contribution is 5.77. The molecule has 0 spiro atoms. The number of carbonyl (C=O) groups excluding carboxylic acids is 2. The van der Waals surface area contributed by atoms with Crippen LogP contribution in [0, 0.1) is 0 Å². The molecule has 1 heterocycles. The zero-order valence-electron chi connectivity index (χ0n) is 12.7. The Hall–Kier alpha value is -1.84. The highest BCUT2D eigenvalue weighted by atomic mass is 16.2. The largest absolute Gasteiger partial charge is 0.353 e. The molecule has 0 radical (unpaired) electrons. The predicted molar refractivity (Wildman–Crippen MR) is 82.8 cm³/mol. The molecular formula is C17H24N2O2. The van der Waals surface area contributed by atoms with E-state index in [-0.39, 0.29) is 17.9 Å². The van der Waals surface area contributed by atoms with Gasteiger partial charge in [-0.05, 0) is 24.8 Å². The van der Waals surface area contributed by atoms with E-state index in [1.807, 2.05) is 42.2 Å². The summed E-state index contributed by atoms with van der Waals surface area (Å²) >= 11 is 0. The van der Waals surface area contributed by atoms with Gasteiger partial charge >= 0.3 is 0 Å². The van der Waals surface area contributed by atoms with Gasteiger partial charge in [0.2, 0.25) is 11.8 Å². The first-order valence-electron chi connectivity index (χ1n) is 7.80. The summed E-state index contributed by atoms with van der Waals surface area (Å²) in [5, 5.41) is 3.09. The van der Waals surface area contributed by atoms with Crippen LogP contribution < -0.4 is 5.32 Å². The summed E-state index contributed by atoms with van der Waals surface area (Å²) in [6.45, 7) is 3.41. The zero-order chi connectivity index (χ0) is 15.1. The maximum atomic E-state index is 12.0. The highest BCUT2D eigenvalue weighted by Gasteiger charge is 2.22. The molecule has 1 aromatic carbocycles. The van der Waals surface area contributed by atoms with Crippen LogP contribution in [0.4, 0.5) is 0 Å². The summed E-state index contributed by atoms with van der Waals surface area (Å²) in [4.78, 5) is 25.5. The molecule has 0 bridgehead atoms. The zero-order valence-corrected chi connectivity index (χ0v) is 12.7. The van der Waals surface area contributed by atoms with E-state index in [9.17, 15) is 9.59 Å². The number of nitrogens with zero attached hydrogens (tertiary/aromatic N) is 1. The molecule has 21 heavy (non-hydrogen) atoms. The van der Waals surface area contributed by atoms with E-state index < -0.39 is 0 Å². The summed E-state index contributed by atoms with van der Waals surface area (Å²) in [6, 6.07) is 10.3. The van der Waals surface area contributed by atoms with Crippen molar-refractivity contribution >= 4 is 11.8 Å². The van der Waals surface area contributed by atoms with Gasteiger partial charge in [0.15, 0.2) is 0 Å². The molecule has 0 aromatic heterocycles.